The third kappa shape index (κ3) is 4.05. The van der Waals surface area contributed by atoms with Crippen molar-refractivity contribution >= 4 is 28.6 Å². The van der Waals surface area contributed by atoms with Crippen LogP contribution in [0.5, 0.6) is 11.6 Å². The summed E-state index contributed by atoms with van der Waals surface area (Å²) < 4.78 is 23.7. The number of nitrogens with one attached hydrogen (secondary N) is 1. The molecule has 0 saturated carbocycles. The molecule has 2 amide bonds. The number of piperazine rings is 1. The van der Waals surface area contributed by atoms with Crippen LogP contribution in [-0.4, -0.2) is 61.3 Å². The first-order valence-corrected chi connectivity index (χ1v) is 9.53. The fourth-order valence-corrected chi connectivity index (χ4v) is 3.37. The number of ether oxygens (including phenoxy) is 2. The molecule has 9 heteroatoms. The number of halogens is 1. The van der Waals surface area contributed by atoms with Gasteiger partial charge in [-0.3, -0.25) is 5.32 Å². The normalized spacial score (nSPS) is 14.0. The number of urea groups is 1. The summed E-state index contributed by atoms with van der Waals surface area (Å²) in [4.78, 5) is 25.5. The number of aromatic nitrogens is 2. The fourth-order valence-electron chi connectivity index (χ4n) is 3.37. The summed E-state index contributed by atoms with van der Waals surface area (Å²) in [6.07, 6.45) is 0. The van der Waals surface area contributed by atoms with E-state index in [1.165, 1.54) is 19.2 Å². The Kier molecular flexibility index (Phi) is 5.51. The Morgan fingerprint density at radius 2 is 1.70 bits per heavy atom. The summed E-state index contributed by atoms with van der Waals surface area (Å²) in [7, 11) is 3.06. The molecule has 1 N–H and O–H groups in total. The van der Waals surface area contributed by atoms with Crippen LogP contribution in [0.15, 0.2) is 42.5 Å². The quantitative estimate of drug-likeness (QED) is 0.711. The zero-order valence-corrected chi connectivity index (χ0v) is 16.8. The predicted octanol–water partition coefficient (Wildman–Crippen LogP) is 3.14. The van der Waals surface area contributed by atoms with Crippen LogP contribution in [0.3, 0.4) is 0 Å². The van der Waals surface area contributed by atoms with Gasteiger partial charge in [0, 0.05) is 37.9 Å². The first-order chi connectivity index (χ1) is 14.6. The molecule has 1 aromatic heterocycles. The molecule has 1 saturated heterocycles. The van der Waals surface area contributed by atoms with E-state index in [0.717, 1.165) is 5.69 Å². The van der Waals surface area contributed by atoms with Crippen molar-refractivity contribution in [1.82, 2.24) is 14.9 Å². The summed E-state index contributed by atoms with van der Waals surface area (Å²) in [5.74, 6) is 0.881. The second-order valence-corrected chi connectivity index (χ2v) is 6.82. The van der Waals surface area contributed by atoms with Crippen molar-refractivity contribution in [3.8, 4) is 11.6 Å². The Balaban J connectivity index is 1.46. The number of rotatable bonds is 4. The van der Waals surface area contributed by atoms with Crippen LogP contribution in [0.2, 0.25) is 0 Å². The Labute approximate surface area is 173 Å². The first kappa shape index (κ1) is 19.7. The molecule has 30 heavy (non-hydrogen) atoms. The van der Waals surface area contributed by atoms with Crippen LogP contribution in [-0.2, 0) is 0 Å². The molecule has 1 aliphatic rings. The van der Waals surface area contributed by atoms with E-state index in [1.54, 1.807) is 42.3 Å². The second-order valence-electron chi connectivity index (χ2n) is 6.82. The number of anilines is 2. The highest BCUT2D eigenvalue weighted by Crippen LogP contribution is 2.26. The van der Waals surface area contributed by atoms with Gasteiger partial charge in [-0.25, -0.2) is 19.2 Å². The lowest BCUT2D eigenvalue weighted by Gasteiger charge is -2.36. The number of carbonyl (C=O) groups is 1. The molecule has 0 atom stereocenters. The van der Waals surface area contributed by atoms with Gasteiger partial charge in [-0.2, -0.15) is 0 Å². The third-order valence-corrected chi connectivity index (χ3v) is 5.02. The summed E-state index contributed by atoms with van der Waals surface area (Å²) >= 11 is 0. The zero-order valence-electron chi connectivity index (χ0n) is 16.8. The number of benzene rings is 2. The minimum atomic E-state index is -0.274. The molecule has 3 aromatic rings. The van der Waals surface area contributed by atoms with Gasteiger partial charge >= 0.3 is 6.03 Å². The van der Waals surface area contributed by atoms with Gasteiger partial charge in [-0.1, -0.05) is 0 Å². The molecule has 0 bridgehead atoms. The van der Waals surface area contributed by atoms with E-state index in [0.29, 0.717) is 43.0 Å². The Morgan fingerprint density at radius 1 is 0.967 bits per heavy atom. The lowest BCUT2D eigenvalue weighted by Crippen LogP contribution is -2.50. The topological polar surface area (TPSA) is 79.8 Å². The highest BCUT2D eigenvalue weighted by atomic mass is 19.1. The van der Waals surface area contributed by atoms with Gasteiger partial charge in [-0.05, 0) is 36.4 Å². The van der Waals surface area contributed by atoms with Crippen LogP contribution in [0.1, 0.15) is 0 Å². The Bertz CT molecular complexity index is 1050. The van der Waals surface area contributed by atoms with Crippen LogP contribution in [0, 0.1) is 5.82 Å². The highest BCUT2D eigenvalue weighted by Gasteiger charge is 2.23. The number of hydrogen-bond donors (Lipinski definition) is 1. The summed E-state index contributed by atoms with van der Waals surface area (Å²) in [6, 6.07) is 11.4. The maximum absolute atomic E-state index is 13.1. The predicted molar refractivity (Wildman–Crippen MR) is 112 cm³/mol. The average molecular weight is 411 g/mol. The summed E-state index contributed by atoms with van der Waals surface area (Å²) in [6.45, 7) is 2.36. The standard InChI is InChI=1S/C21H22FN5O3/c1-29-16-7-8-17-18(13-16)23-19(20(24-17)30-2)25-21(28)27-11-9-26(10-12-27)15-5-3-14(22)4-6-15/h3-8,13H,9-12H2,1-2H3,(H,23,25,28). The van der Waals surface area contributed by atoms with Crippen molar-refractivity contribution in [1.29, 1.82) is 0 Å². The van der Waals surface area contributed by atoms with Crippen molar-refractivity contribution in [3.63, 3.8) is 0 Å². The lowest BCUT2D eigenvalue weighted by molar-refractivity contribution is 0.208. The van der Waals surface area contributed by atoms with Crippen LogP contribution >= 0.6 is 0 Å². The van der Waals surface area contributed by atoms with Gasteiger partial charge in [0.05, 0.1) is 25.3 Å². The van der Waals surface area contributed by atoms with Crippen molar-refractivity contribution in [2.45, 2.75) is 0 Å². The van der Waals surface area contributed by atoms with Crippen LogP contribution in [0.4, 0.5) is 20.7 Å². The van der Waals surface area contributed by atoms with Crippen LogP contribution < -0.4 is 19.7 Å². The molecule has 4 rings (SSSR count). The average Bonchev–Trinajstić information content (AvgIpc) is 2.78. The molecule has 8 nitrogen and oxygen atoms in total. The molecule has 2 heterocycles. The maximum atomic E-state index is 13.1. The van der Waals surface area contributed by atoms with Gasteiger partial charge in [-0.15, -0.1) is 0 Å². The Hall–Kier alpha value is -3.62. The summed E-state index contributed by atoms with van der Waals surface area (Å²) in [5.41, 5.74) is 2.16. The molecule has 0 radical (unpaired) electrons. The number of fused-ring (bicyclic) bond motifs is 1. The molecule has 156 valence electrons. The maximum Gasteiger partial charge on any atom is 0.323 e. The van der Waals surface area contributed by atoms with E-state index in [4.69, 9.17) is 9.47 Å². The molecular formula is C21H22FN5O3. The van der Waals surface area contributed by atoms with E-state index >= 15 is 0 Å². The number of nitrogens with zero attached hydrogens (tertiary/aromatic N) is 4. The van der Waals surface area contributed by atoms with E-state index < -0.39 is 0 Å². The number of carbonyl (C=O) groups excluding carboxylic acids is 1. The van der Waals surface area contributed by atoms with Gasteiger partial charge in [0.25, 0.3) is 5.88 Å². The number of methoxy groups -OCH3 is 2. The lowest BCUT2D eigenvalue weighted by atomic mass is 10.2. The minimum absolute atomic E-state index is 0.242. The Morgan fingerprint density at radius 3 is 2.37 bits per heavy atom. The molecule has 0 spiro atoms. The largest absolute Gasteiger partial charge is 0.497 e. The molecule has 1 aliphatic heterocycles. The highest BCUT2D eigenvalue weighted by molar-refractivity contribution is 5.91. The van der Waals surface area contributed by atoms with Gasteiger partial charge in [0.2, 0.25) is 0 Å². The van der Waals surface area contributed by atoms with Gasteiger partial charge in [0.15, 0.2) is 5.82 Å². The molecule has 0 aliphatic carbocycles. The van der Waals surface area contributed by atoms with Gasteiger partial charge < -0.3 is 19.3 Å². The van der Waals surface area contributed by atoms with E-state index in [-0.39, 0.29) is 23.5 Å². The monoisotopic (exact) mass is 411 g/mol. The molecule has 2 aromatic carbocycles. The number of amides is 2. The van der Waals surface area contributed by atoms with Crippen molar-refractivity contribution < 1.29 is 18.7 Å². The number of hydrogen-bond acceptors (Lipinski definition) is 6. The molecular weight excluding hydrogens is 389 g/mol. The summed E-state index contributed by atoms with van der Waals surface area (Å²) in [5, 5.41) is 2.80. The smallest absolute Gasteiger partial charge is 0.323 e. The van der Waals surface area contributed by atoms with Crippen molar-refractivity contribution in [2.24, 2.45) is 0 Å². The van der Waals surface area contributed by atoms with E-state index in [1.807, 2.05) is 0 Å². The molecule has 0 unspecified atom stereocenters. The fraction of sp³-hybridized carbons (Fsp3) is 0.286. The van der Waals surface area contributed by atoms with Crippen molar-refractivity contribution in [2.75, 3.05) is 50.6 Å². The SMILES string of the molecule is COc1ccc2nc(OC)c(NC(=O)N3CCN(c4ccc(F)cc4)CC3)nc2c1. The molecule has 1 fully saturated rings. The van der Waals surface area contributed by atoms with Crippen LogP contribution in [0.25, 0.3) is 11.0 Å². The zero-order chi connectivity index (χ0) is 21.1. The van der Waals surface area contributed by atoms with E-state index in [2.05, 4.69) is 20.2 Å². The van der Waals surface area contributed by atoms with Gasteiger partial charge in [0.1, 0.15) is 11.6 Å². The van der Waals surface area contributed by atoms with E-state index in [9.17, 15) is 9.18 Å². The third-order valence-electron chi connectivity index (χ3n) is 5.02. The first-order valence-electron chi connectivity index (χ1n) is 9.53. The van der Waals surface area contributed by atoms with Crippen molar-refractivity contribution in [3.05, 3.63) is 48.3 Å². The second kappa shape index (κ2) is 8.40. The minimum Gasteiger partial charge on any atom is -0.497 e.